The average molecular weight is 311 g/mol. The number of nitrogens with zero attached hydrogens (tertiary/aromatic N) is 1. The van der Waals surface area contributed by atoms with Gasteiger partial charge in [-0.1, -0.05) is 12.1 Å². The van der Waals surface area contributed by atoms with E-state index in [2.05, 4.69) is 0 Å². The number of benzene rings is 2. The van der Waals surface area contributed by atoms with E-state index in [0.29, 0.717) is 17.5 Å². The van der Waals surface area contributed by atoms with Crippen molar-refractivity contribution in [2.75, 3.05) is 6.61 Å². The number of Topliss-reactive ketones (excluding diaryl/α,β-unsaturated/α-hetero) is 1. The van der Waals surface area contributed by atoms with E-state index in [0.717, 1.165) is 5.56 Å². The van der Waals surface area contributed by atoms with E-state index < -0.39 is 11.8 Å². The first-order chi connectivity index (χ1) is 11.1. The van der Waals surface area contributed by atoms with Crippen LogP contribution in [0.15, 0.2) is 48.5 Å². The summed E-state index contributed by atoms with van der Waals surface area (Å²) in [5.74, 6) is -1.29. The Morgan fingerprint density at radius 3 is 2.30 bits per heavy atom. The minimum atomic E-state index is -0.482. The summed E-state index contributed by atoms with van der Waals surface area (Å²) in [6.45, 7) is -0.363. The fourth-order valence-corrected chi connectivity index (χ4v) is 1.93. The molecule has 4 nitrogen and oxygen atoms in total. The molecule has 0 radical (unpaired) electrons. The number of nitriles is 1. The molecule has 0 heterocycles. The standard InChI is InChI=1S/C18H14FNO3/c19-16-8-6-15(7-9-16)17(21)12-23-18(22)10-5-13-1-3-14(11-20)4-2-13/h1-4,6-9H,5,10,12H2. The highest BCUT2D eigenvalue weighted by Crippen LogP contribution is 2.07. The Labute approximate surface area is 133 Å². The third kappa shape index (κ3) is 5.04. The van der Waals surface area contributed by atoms with Gasteiger partial charge in [0.1, 0.15) is 5.82 Å². The number of halogens is 1. The van der Waals surface area contributed by atoms with E-state index >= 15 is 0 Å². The van der Waals surface area contributed by atoms with Crippen LogP contribution in [0.4, 0.5) is 4.39 Å². The first-order valence-corrected chi connectivity index (χ1v) is 7.02. The highest BCUT2D eigenvalue weighted by Gasteiger charge is 2.10. The number of carbonyl (C=O) groups is 2. The Morgan fingerprint density at radius 2 is 1.70 bits per heavy atom. The van der Waals surface area contributed by atoms with Crippen LogP contribution >= 0.6 is 0 Å². The van der Waals surface area contributed by atoms with Crippen LogP contribution in [0.25, 0.3) is 0 Å². The summed E-state index contributed by atoms with van der Waals surface area (Å²) in [7, 11) is 0. The van der Waals surface area contributed by atoms with Crippen molar-refractivity contribution in [3.8, 4) is 6.07 Å². The van der Waals surface area contributed by atoms with Crippen molar-refractivity contribution in [3.05, 3.63) is 71.0 Å². The van der Waals surface area contributed by atoms with Gasteiger partial charge in [-0.2, -0.15) is 5.26 Å². The minimum Gasteiger partial charge on any atom is -0.457 e. The van der Waals surface area contributed by atoms with E-state index in [-0.39, 0.29) is 18.8 Å². The zero-order valence-electron chi connectivity index (χ0n) is 12.3. The van der Waals surface area contributed by atoms with E-state index in [1.54, 1.807) is 24.3 Å². The fraction of sp³-hybridized carbons (Fsp3) is 0.167. The lowest BCUT2D eigenvalue weighted by Crippen LogP contribution is -2.14. The molecule has 0 amide bonds. The van der Waals surface area contributed by atoms with E-state index in [9.17, 15) is 14.0 Å². The van der Waals surface area contributed by atoms with Gasteiger partial charge in [0.15, 0.2) is 12.4 Å². The summed E-state index contributed by atoms with van der Waals surface area (Å²) in [6, 6.07) is 14.0. The van der Waals surface area contributed by atoms with Crippen molar-refractivity contribution < 1.29 is 18.7 Å². The molecular weight excluding hydrogens is 297 g/mol. The highest BCUT2D eigenvalue weighted by molar-refractivity contribution is 5.97. The molecule has 0 N–H and O–H groups in total. The second-order valence-corrected chi connectivity index (χ2v) is 4.90. The average Bonchev–Trinajstić information content (AvgIpc) is 2.59. The zero-order chi connectivity index (χ0) is 16.7. The summed E-state index contributed by atoms with van der Waals surface area (Å²) < 4.78 is 17.7. The highest BCUT2D eigenvalue weighted by atomic mass is 19.1. The van der Waals surface area contributed by atoms with E-state index in [1.165, 1.54) is 24.3 Å². The number of esters is 1. The Bertz CT molecular complexity index is 730. The lowest BCUT2D eigenvalue weighted by Gasteiger charge is -2.05. The van der Waals surface area contributed by atoms with Crippen LogP contribution in [-0.2, 0) is 16.0 Å². The van der Waals surface area contributed by atoms with Crippen LogP contribution in [0.5, 0.6) is 0 Å². The van der Waals surface area contributed by atoms with Gasteiger partial charge in [-0.15, -0.1) is 0 Å². The molecule has 0 aliphatic carbocycles. The van der Waals surface area contributed by atoms with Crippen LogP contribution in [0, 0.1) is 17.1 Å². The van der Waals surface area contributed by atoms with Gasteiger partial charge in [0.25, 0.3) is 0 Å². The van der Waals surface area contributed by atoms with Crippen LogP contribution in [0.3, 0.4) is 0 Å². The van der Waals surface area contributed by atoms with Crippen molar-refractivity contribution in [2.24, 2.45) is 0 Å². The van der Waals surface area contributed by atoms with Crippen LogP contribution in [-0.4, -0.2) is 18.4 Å². The summed E-state index contributed by atoms with van der Waals surface area (Å²) in [6.07, 6.45) is 0.609. The van der Waals surface area contributed by atoms with Gasteiger partial charge in [-0.3, -0.25) is 9.59 Å². The molecule has 0 aliphatic rings. The molecule has 0 saturated carbocycles. The van der Waals surface area contributed by atoms with Crippen molar-refractivity contribution in [3.63, 3.8) is 0 Å². The number of ether oxygens (including phenoxy) is 1. The van der Waals surface area contributed by atoms with Crippen molar-refractivity contribution in [1.29, 1.82) is 5.26 Å². The van der Waals surface area contributed by atoms with Gasteiger partial charge >= 0.3 is 5.97 Å². The van der Waals surface area contributed by atoms with Crippen molar-refractivity contribution in [1.82, 2.24) is 0 Å². The second kappa shape index (κ2) is 7.85. The molecule has 116 valence electrons. The molecule has 0 spiro atoms. The van der Waals surface area contributed by atoms with Gasteiger partial charge in [0.2, 0.25) is 0 Å². The summed E-state index contributed by atoms with van der Waals surface area (Å²) >= 11 is 0. The Morgan fingerprint density at radius 1 is 1.04 bits per heavy atom. The molecule has 2 aromatic carbocycles. The topological polar surface area (TPSA) is 67.2 Å². The van der Waals surface area contributed by atoms with Gasteiger partial charge in [-0.05, 0) is 48.4 Å². The second-order valence-electron chi connectivity index (χ2n) is 4.90. The molecule has 0 atom stereocenters. The molecule has 0 unspecified atom stereocenters. The quantitative estimate of drug-likeness (QED) is 0.607. The monoisotopic (exact) mass is 311 g/mol. The van der Waals surface area contributed by atoms with Gasteiger partial charge in [0, 0.05) is 12.0 Å². The molecule has 2 rings (SSSR count). The number of carbonyl (C=O) groups excluding carboxylic acids is 2. The normalized spacial score (nSPS) is 9.91. The van der Waals surface area contributed by atoms with Gasteiger partial charge < -0.3 is 4.74 Å². The molecular formula is C18H14FNO3. The molecule has 0 fully saturated rings. The van der Waals surface area contributed by atoms with Gasteiger partial charge in [0.05, 0.1) is 11.6 Å². The first kappa shape index (κ1) is 16.4. The predicted octanol–water partition coefficient (Wildman–Crippen LogP) is 3.06. The number of hydrogen-bond acceptors (Lipinski definition) is 4. The van der Waals surface area contributed by atoms with E-state index in [4.69, 9.17) is 10.00 Å². The summed E-state index contributed by atoms with van der Waals surface area (Å²) in [5, 5.41) is 8.70. The maximum absolute atomic E-state index is 12.8. The molecule has 0 aromatic heterocycles. The summed E-state index contributed by atoms with van der Waals surface area (Å²) in [4.78, 5) is 23.4. The van der Waals surface area contributed by atoms with Crippen LogP contribution < -0.4 is 0 Å². The van der Waals surface area contributed by atoms with Crippen molar-refractivity contribution in [2.45, 2.75) is 12.8 Å². The Hall–Kier alpha value is -3.00. The smallest absolute Gasteiger partial charge is 0.306 e. The van der Waals surface area contributed by atoms with Gasteiger partial charge in [-0.25, -0.2) is 4.39 Å². The maximum atomic E-state index is 12.8. The molecule has 0 saturated heterocycles. The third-order valence-electron chi connectivity index (χ3n) is 3.23. The molecule has 0 bridgehead atoms. The third-order valence-corrected chi connectivity index (χ3v) is 3.23. The summed E-state index contributed by atoms with van der Waals surface area (Å²) in [5.41, 5.74) is 1.76. The number of ketones is 1. The number of hydrogen-bond donors (Lipinski definition) is 0. The zero-order valence-corrected chi connectivity index (χ0v) is 12.3. The predicted molar refractivity (Wildman–Crippen MR) is 81.2 cm³/mol. The minimum absolute atomic E-state index is 0.141. The number of aryl methyl sites for hydroxylation is 1. The Kier molecular flexibility index (Phi) is 5.59. The van der Waals surface area contributed by atoms with Crippen molar-refractivity contribution >= 4 is 11.8 Å². The number of rotatable bonds is 6. The maximum Gasteiger partial charge on any atom is 0.306 e. The molecule has 23 heavy (non-hydrogen) atoms. The molecule has 2 aromatic rings. The lowest BCUT2D eigenvalue weighted by atomic mass is 10.1. The lowest BCUT2D eigenvalue weighted by molar-refractivity contribution is -0.142. The fourth-order valence-electron chi connectivity index (χ4n) is 1.93. The van der Waals surface area contributed by atoms with Crippen LogP contribution in [0.2, 0.25) is 0 Å². The largest absolute Gasteiger partial charge is 0.457 e. The Balaban J connectivity index is 1.77. The molecule has 0 aliphatic heterocycles. The van der Waals surface area contributed by atoms with E-state index in [1.807, 2.05) is 6.07 Å². The SMILES string of the molecule is N#Cc1ccc(CCC(=O)OCC(=O)c2ccc(F)cc2)cc1. The first-order valence-electron chi connectivity index (χ1n) is 7.02. The molecule has 5 heteroatoms. The van der Waals surface area contributed by atoms with Crippen LogP contribution in [0.1, 0.15) is 27.9 Å².